The highest BCUT2D eigenvalue weighted by molar-refractivity contribution is 5.96. The van der Waals surface area contributed by atoms with Crippen LogP contribution in [-0.2, 0) is 4.79 Å². The molecule has 2 rings (SSSR count). The molecule has 1 N–H and O–H groups in total. The van der Waals surface area contributed by atoms with Crippen molar-refractivity contribution >= 4 is 17.7 Å². The van der Waals surface area contributed by atoms with Crippen molar-refractivity contribution in [3.63, 3.8) is 0 Å². The van der Waals surface area contributed by atoms with Crippen LogP contribution in [0, 0.1) is 13.8 Å². The largest absolute Gasteiger partial charge is 0.478 e. The van der Waals surface area contributed by atoms with Gasteiger partial charge in [-0.25, -0.2) is 9.78 Å². The molecule has 0 unspecified atom stereocenters. The summed E-state index contributed by atoms with van der Waals surface area (Å²) >= 11 is 0. The number of carbonyl (C=O) groups is 2. The molecule has 0 bridgehead atoms. The van der Waals surface area contributed by atoms with Gasteiger partial charge in [0.05, 0.1) is 6.54 Å². The standard InChI is InChI=1S/C13H17N3O3/c1-8-6-9(2)14-12(11(8)13(18)19)16-5-4-15(3)10(17)7-16/h6H,4-5,7H2,1-3H3,(H,18,19). The van der Waals surface area contributed by atoms with E-state index < -0.39 is 5.97 Å². The summed E-state index contributed by atoms with van der Waals surface area (Å²) < 4.78 is 0. The average molecular weight is 263 g/mol. The molecule has 1 amide bonds. The number of piperazine rings is 1. The molecule has 1 fully saturated rings. The number of pyridine rings is 1. The Balaban J connectivity index is 2.44. The average Bonchev–Trinajstić information content (AvgIpc) is 2.31. The number of carbonyl (C=O) groups excluding carboxylic acids is 1. The third kappa shape index (κ3) is 2.52. The van der Waals surface area contributed by atoms with Gasteiger partial charge in [0, 0.05) is 25.8 Å². The van der Waals surface area contributed by atoms with E-state index in [1.54, 1.807) is 29.8 Å². The van der Waals surface area contributed by atoms with Crippen LogP contribution < -0.4 is 4.90 Å². The smallest absolute Gasteiger partial charge is 0.339 e. The van der Waals surface area contributed by atoms with Crippen molar-refractivity contribution in [1.29, 1.82) is 0 Å². The monoisotopic (exact) mass is 263 g/mol. The highest BCUT2D eigenvalue weighted by Gasteiger charge is 2.26. The van der Waals surface area contributed by atoms with E-state index in [2.05, 4.69) is 4.98 Å². The summed E-state index contributed by atoms with van der Waals surface area (Å²) in [7, 11) is 1.74. The van der Waals surface area contributed by atoms with E-state index in [9.17, 15) is 14.7 Å². The second kappa shape index (κ2) is 4.87. The van der Waals surface area contributed by atoms with Gasteiger partial charge in [-0.3, -0.25) is 4.79 Å². The quantitative estimate of drug-likeness (QED) is 0.849. The van der Waals surface area contributed by atoms with Crippen molar-refractivity contribution in [1.82, 2.24) is 9.88 Å². The molecule has 0 aliphatic carbocycles. The maximum absolute atomic E-state index is 11.7. The Morgan fingerprint density at radius 2 is 2.05 bits per heavy atom. The Morgan fingerprint density at radius 3 is 2.63 bits per heavy atom. The first kappa shape index (κ1) is 13.3. The summed E-state index contributed by atoms with van der Waals surface area (Å²) in [4.78, 5) is 30.8. The molecule has 1 aromatic heterocycles. The van der Waals surface area contributed by atoms with Crippen LogP contribution in [-0.4, -0.2) is 53.5 Å². The Hall–Kier alpha value is -2.11. The van der Waals surface area contributed by atoms with E-state index in [-0.39, 0.29) is 18.0 Å². The van der Waals surface area contributed by atoms with Gasteiger partial charge < -0.3 is 14.9 Å². The van der Waals surface area contributed by atoms with Gasteiger partial charge in [-0.15, -0.1) is 0 Å². The zero-order valence-corrected chi connectivity index (χ0v) is 11.3. The highest BCUT2D eigenvalue weighted by atomic mass is 16.4. The van der Waals surface area contributed by atoms with E-state index >= 15 is 0 Å². The van der Waals surface area contributed by atoms with E-state index in [4.69, 9.17) is 0 Å². The molecule has 1 aromatic rings. The first-order valence-corrected chi connectivity index (χ1v) is 6.10. The summed E-state index contributed by atoms with van der Waals surface area (Å²) in [6.45, 7) is 4.91. The van der Waals surface area contributed by atoms with Gasteiger partial charge in [0.25, 0.3) is 0 Å². The molecule has 1 saturated heterocycles. The van der Waals surface area contributed by atoms with Crippen LogP contribution in [0.1, 0.15) is 21.6 Å². The number of hydrogen-bond donors (Lipinski definition) is 1. The van der Waals surface area contributed by atoms with Gasteiger partial charge >= 0.3 is 5.97 Å². The molecule has 102 valence electrons. The van der Waals surface area contributed by atoms with E-state index in [0.29, 0.717) is 24.5 Å². The normalized spacial score (nSPS) is 15.8. The highest BCUT2D eigenvalue weighted by Crippen LogP contribution is 2.23. The van der Waals surface area contributed by atoms with Crippen LogP contribution in [0.5, 0.6) is 0 Å². The molecule has 6 heteroatoms. The number of aryl methyl sites for hydroxylation is 2. The molecule has 0 atom stereocenters. The van der Waals surface area contributed by atoms with Crippen molar-refractivity contribution in [2.45, 2.75) is 13.8 Å². The lowest BCUT2D eigenvalue weighted by Gasteiger charge is -2.33. The summed E-state index contributed by atoms with van der Waals surface area (Å²) in [5, 5.41) is 9.32. The number of hydrogen-bond acceptors (Lipinski definition) is 4. The maximum Gasteiger partial charge on any atom is 0.339 e. The fourth-order valence-corrected chi connectivity index (χ4v) is 2.25. The lowest BCUT2D eigenvalue weighted by Crippen LogP contribution is -2.49. The number of rotatable bonds is 2. The Morgan fingerprint density at radius 1 is 1.37 bits per heavy atom. The summed E-state index contributed by atoms with van der Waals surface area (Å²) in [5.41, 5.74) is 1.60. The molecule has 19 heavy (non-hydrogen) atoms. The zero-order chi connectivity index (χ0) is 14.2. The molecule has 1 aliphatic rings. The molecule has 6 nitrogen and oxygen atoms in total. The van der Waals surface area contributed by atoms with Crippen molar-refractivity contribution in [2.75, 3.05) is 31.6 Å². The topological polar surface area (TPSA) is 73.7 Å². The fraction of sp³-hybridized carbons (Fsp3) is 0.462. The Kier molecular flexibility index (Phi) is 3.42. The molecular weight excluding hydrogens is 246 g/mol. The van der Waals surface area contributed by atoms with Crippen LogP contribution in [0.25, 0.3) is 0 Å². The number of anilines is 1. The molecule has 0 saturated carbocycles. The van der Waals surface area contributed by atoms with Crippen LogP contribution in [0.2, 0.25) is 0 Å². The van der Waals surface area contributed by atoms with E-state index in [1.807, 2.05) is 6.92 Å². The van der Waals surface area contributed by atoms with Gasteiger partial charge in [-0.2, -0.15) is 0 Å². The number of aromatic nitrogens is 1. The number of carboxylic acids is 1. The fourth-order valence-electron chi connectivity index (χ4n) is 2.25. The third-order valence-electron chi connectivity index (χ3n) is 3.30. The van der Waals surface area contributed by atoms with Gasteiger partial charge in [0.2, 0.25) is 5.91 Å². The first-order valence-electron chi connectivity index (χ1n) is 6.10. The van der Waals surface area contributed by atoms with E-state index in [1.165, 1.54) is 0 Å². The second-order valence-corrected chi connectivity index (χ2v) is 4.82. The predicted octanol–water partition coefficient (Wildman–Crippen LogP) is 0.675. The lowest BCUT2D eigenvalue weighted by atomic mass is 10.1. The van der Waals surface area contributed by atoms with Gasteiger partial charge in [0.1, 0.15) is 11.4 Å². The predicted molar refractivity (Wildman–Crippen MR) is 70.5 cm³/mol. The summed E-state index contributed by atoms with van der Waals surface area (Å²) in [6.07, 6.45) is 0. The first-order chi connectivity index (χ1) is 8.90. The molecule has 0 aromatic carbocycles. The number of amides is 1. The van der Waals surface area contributed by atoms with E-state index in [0.717, 1.165) is 5.69 Å². The van der Waals surface area contributed by atoms with Crippen molar-refractivity contribution < 1.29 is 14.7 Å². The number of aromatic carboxylic acids is 1. The molecule has 0 spiro atoms. The number of likely N-dealkylation sites (N-methyl/N-ethyl adjacent to an activating group) is 1. The second-order valence-electron chi connectivity index (χ2n) is 4.82. The minimum atomic E-state index is -1.01. The SMILES string of the molecule is Cc1cc(C)c(C(=O)O)c(N2CCN(C)C(=O)C2)n1. The molecule has 2 heterocycles. The molecule has 0 radical (unpaired) electrons. The minimum absolute atomic E-state index is 0.0245. The number of carboxylic acid groups (broad SMARTS) is 1. The molecule has 1 aliphatic heterocycles. The van der Waals surface area contributed by atoms with Gasteiger partial charge in [-0.05, 0) is 25.5 Å². The summed E-state index contributed by atoms with van der Waals surface area (Å²) in [6, 6.07) is 1.74. The third-order valence-corrected chi connectivity index (χ3v) is 3.30. The molecular formula is C13H17N3O3. The van der Waals surface area contributed by atoms with Crippen molar-refractivity contribution in [3.05, 3.63) is 22.9 Å². The maximum atomic E-state index is 11.7. The number of nitrogens with zero attached hydrogens (tertiary/aromatic N) is 3. The summed E-state index contributed by atoms with van der Waals surface area (Å²) in [5.74, 6) is -0.638. The van der Waals surface area contributed by atoms with Crippen LogP contribution in [0.15, 0.2) is 6.07 Å². The minimum Gasteiger partial charge on any atom is -0.478 e. The van der Waals surface area contributed by atoms with Crippen LogP contribution >= 0.6 is 0 Å². The zero-order valence-electron chi connectivity index (χ0n) is 11.3. The van der Waals surface area contributed by atoms with Crippen LogP contribution in [0.3, 0.4) is 0 Å². The van der Waals surface area contributed by atoms with Crippen molar-refractivity contribution in [2.24, 2.45) is 0 Å². The van der Waals surface area contributed by atoms with Crippen LogP contribution in [0.4, 0.5) is 5.82 Å². The Bertz CT molecular complexity index is 542. The van der Waals surface area contributed by atoms with Crippen molar-refractivity contribution in [3.8, 4) is 0 Å². The Labute approximate surface area is 111 Å². The van der Waals surface area contributed by atoms with Gasteiger partial charge in [0.15, 0.2) is 0 Å². The van der Waals surface area contributed by atoms with Gasteiger partial charge in [-0.1, -0.05) is 0 Å². The lowest BCUT2D eigenvalue weighted by molar-refractivity contribution is -0.129.